The molecule has 4 rings (SSSR count). The minimum absolute atomic E-state index is 0.0372. The van der Waals surface area contributed by atoms with Crippen molar-refractivity contribution < 1.29 is 9.59 Å². The predicted octanol–water partition coefficient (Wildman–Crippen LogP) is 1.32. The van der Waals surface area contributed by atoms with Crippen LogP contribution in [0.2, 0.25) is 0 Å². The first-order valence-corrected chi connectivity index (χ1v) is 8.74. The molecule has 4 N–H and O–H groups in total. The van der Waals surface area contributed by atoms with E-state index in [0.717, 1.165) is 45.1 Å². The van der Waals surface area contributed by atoms with Gasteiger partial charge in [0.15, 0.2) is 0 Å². The van der Waals surface area contributed by atoms with Gasteiger partial charge in [-0.3, -0.25) is 9.59 Å². The van der Waals surface area contributed by atoms with E-state index in [0.29, 0.717) is 23.8 Å². The summed E-state index contributed by atoms with van der Waals surface area (Å²) in [6.45, 7) is 3.82. The number of nitrogens with two attached hydrogens (primary N) is 1. The Balaban J connectivity index is 0.000000131. The van der Waals surface area contributed by atoms with Gasteiger partial charge in [0.1, 0.15) is 0 Å². The summed E-state index contributed by atoms with van der Waals surface area (Å²) >= 11 is 0. The standard InChI is InChI=1S/C9H15NO.C8H14N2O/c1-9(4-5-9)6-10-8(11)7-2-3-7;9-8(3-4-8)5-10-7(11)6-1-2-6/h7H,2-6H2,1H3,(H,10,11);6H,1-5,9H2,(H,10,11). The van der Waals surface area contributed by atoms with E-state index in [1.54, 1.807) is 0 Å². The molecule has 0 bridgehead atoms. The van der Waals surface area contributed by atoms with Crippen molar-refractivity contribution >= 4 is 11.8 Å². The van der Waals surface area contributed by atoms with Crippen LogP contribution in [0, 0.1) is 17.3 Å². The smallest absolute Gasteiger partial charge is 0.223 e. The van der Waals surface area contributed by atoms with Gasteiger partial charge in [0.25, 0.3) is 0 Å². The van der Waals surface area contributed by atoms with Gasteiger partial charge in [-0.15, -0.1) is 0 Å². The summed E-state index contributed by atoms with van der Waals surface area (Å²) in [5.74, 6) is 1.19. The number of carbonyl (C=O) groups is 2. The van der Waals surface area contributed by atoms with Crippen molar-refractivity contribution in [1.82, 2.24) is 10.6 Å². The van der Waals surface area contributed by atoms with Crippen LogP contribution < -0.4 is 16.4 Å². The molecule has 0 spiro atoms. The summed E-state index contributed by atoms with van der Waals surface area (Å²) in [7, 11) is 0. The van der Waals surface area contributed by atoms with Crippen molar-refractivity contribution in [3.05, 3.63) is 0 Å². The Morgan fingerprint density at radius 2 is 1.36 bits per heavy atom. The lowest BCUT2D eigenvalue weighted by atomic mass is 10.1. The van der Waals surface area contributed by atoms with E-state index in [9.17, 15) is 9.59 Å². The summed E-state index contributed by atoms with van der Waals surface area (Å²) in [6.07, 6.45) is 9.09. The number of amides is 2. The highest BCUT2D eigenvalue weighted by molar-refractivity contribution is 5.81. The number of hydrogen-bond donors (Lipinski definition) is 3. The second kappa shape index (κ2) is 5.84. The van der Waals surface area contributed by atoms with E-state index in [1.165, 1.54) is 12.8 Å². The second-order valence-corrected chi connectivity index (χ2v) is 8.16. The molecular weight excluding hydrogens is 278 g/mol. The largest absolute Gasteiger partial charge is 0.355 e. The first-order chi connectivity index (χ1) is 10.4. The van der Waals surface area contributed by atoms with Crippen LogP contribution in [-0.2, 0) is 9.59 Å². The molecule has 0 radical (unpaired) electrons. The molecule has 5 heteroatoms. The molecular formula is C17H29N3O2. The van der Waals surface area contributed by atoms with Crippen LogP contribution in [-0.4, -0.2) is 30.4 Å². The predicted molar refractivity (Wildman–Crippen MR) is 85.0 cm³/mol. The Kier molecular flexibility index (Phi) is 4.19. The Bertz CT molecular complexity index is 405. The molecule has 0 aliphatic heterocycles. The average Bonchev–Trinajstić information content (AvgIpc) is 3.36. The highest BCUT2D eigenvalue weighted by atomic mass is 16.2. The Morgan fingerprint density at radius 1 is 0.909 bits per heavy atom. The van der Waals surface area contributed by atoms with Crippen LogP contribution in [0.25, 0.3) is 0 Å². The molecule has 4 fully saturated rings. The zero-order valence-corrected chi connectivity index (χ0v) is 13.6. The Morgan fingerprint density at radius 3 is 1.73 bits per heavy atom. The molecule has 124 valence electrons. The molecule has 0 aromatic heterocycles. The molecule has 5 nitrogen and oxygen atoms in total. The van der Waals surface area contributed by atoms with Crippen LogP contribution in [0.1, 0.15) is 58.3 Å². The van der Waals surface area contributed by atoms with Gasteiger partial charge in [-0.25, -0.2) is 0 Å². The Labute approximate surface area is 132 Å². The lowest BCUT2D eigenvalue weighted by Crippen LogP contribution is -2.39. The topological polar surface area (TPSA) is 84.2 Å². The van der Waals surface area contributed by atoms with E-state index in [-0.39, 0.29) is 17.4 Å². The van der Waals surface area contributed by atoms with Crippen LogP contribution in [0.15, 0.2) is 0 Å². The van der Waals surface area contributed by atoms with Gasteiger partial charge in [0.05, 0.1) is 0 Å². The summed E-state index contributed by atoms with van der Waals surface area (Å²) in [4.78, 5) is 22.3. The van der Waals surface area contributed by atoms with E-state index < -0.39 is 0 Å². The summed E-state index contributed by atoms with van der Waals surface area (Å²) in [5, 5.41) is 5.89. The summed E-state index contributed by atoms with van der Waals surface area (Å²) in [5.41, 5.74) is 6.23. The highest BCUT2D eigenvalue weighted by Crippen LogP contribution is 2.44. The van der Waals surface area contributed by atoms with Crippen molar-refractivity contribution in [2.45, 2.75) is 63.8 Å². The zero-order chi connectivity index (χ0) is 15.8. The molecule has 22 heavy (non-hydrogen) atoms. The molecule has 4 aliphatic rings. The molecule has 0 atom stereocenters. The van der Waals surface area contributed by atoms with Gasteiger partial charge in [-0.2, -0.15) is 0 Å². The quantitative estimate of drug-likeness (QED) is 0.692. The number of hydrogen-bond acceptors (Lipinski definition) is 3. The third-order valence-electron chi connectivity index (χ3n) is 5.20. The van der Waals surface area contributed by atoms with E-state index >= 15 is 0 Å². The maximum atomic E-state index is 11.2. The number of rotatable bonds is 6. The van der Waals surface area contributed by atoms with Crippen molar-refractivity contribution in [2.75, 3.05) is 13.1 Å². The van der Waals surface area contributed by atoms with Gasteiger partial charge >= 0.3 is 0 Å². The van der Waals surface area contributed by atoms with Crippen molar-refractivity contribution in [2.24, 2.45) is 23.0 Å². The SMILES string of the molecule is CC1(CNC(=O)C2CC2)CC1.NC1(CNC(=O)C2CC2)CC1. The summed E-state index contributed by atoms with van der Waals surface area (Å²) < 4.78 is 0. The molecule has 2 amide bonds. The number of nitrogens with one attached hydrogen (secondary N) is 2. The van der Waals surface area contributed by atoms with Crippen molar-refractivity contribution in [3.63, 3.8) is 0 Å². The molecule has 0 aromatic rings. The van der Waals surface area contributed by atoms with Crippen LogP contribution in [0.3, 0.4) is 0 Å². The minimum Gasteiger partial charge on any atom is -0.355 e. The van der Waals surface area contributed by atoms with Gasteiger partial charge in [-0.05, 0) is 56.8 Å². The monoisotopic (exact) mass is 307 g/mol. The van der Waals surface area contributed by atoms with Gasteiger partial charge in [0, 0.05) is 30.5 Å². The third-order valence-corrected chi connectivity index (χ3v) is 5.20. The van der Waals surface area contributed by atoms with E-state index in [4.69, 9.17) is 5.73 Å². The lowest BCUT2D eigenvalue weighted by molar-refractivity contribution is -0.123. The fraction of sp³-hybridized carbons (Fsp3) is 0.882. The van der Waals surface area contributed by atoms with E-state index in [1.807, 2.05) is 0 Å². The molecule has 0 unspecified atom stereocenters. The van der Waals surface area contributed by atoms with E-state index in [2.05, 4.69) is 17.6 Å². The highest BCUT2D eigenvalue weighted by Gasteiger charge is 2.40. The third kappa shape index (κ3) is 4.97. The molecule has 0 heterocycles. The molecule has 4 aliphatic carbocycles. The number of carbonyl (C=O) groups excluding carboxylic acids is 2. The molecule has 4 saturated carbocycles. The first kappa shape index (κ1) is 15.8. The van der Waals surface area contributed by atoms with Gasteiger partial charge in [-0.1, -0.05) is 6.92 Å². The van der Waals surface area contributed by atoms with Crippen LogP contribution >= 0.6 is 0 Å². The van der Waals surface area contributed by atoms with Crippen molar-refractivity contribution in [1.29, 1.82) is 0 Å². The fourth-order valence-corrected chi connectivity index (χ4v) is 2.27. The van der Waals surface area contributed by atoms with Gasteiger partial charge < -0.3 is 16.4 Å². The maximum absolute atomic E-state index is 11.2. The van der Waals surface area contributed by atoms with Crippen molar-refractivity contribution in [3.8, 4) is 0 Å². The minimum atomic E-state index is -0.0372. The maximum Gasteiger partial charge on any atom is 0.223 e. The van der Waals surface area contributed by atoms with Crippen LogP contribution in [0.5, 0.6) is 0 Å². The molecule has 0 aromatic carbocycles. The summed E-state index contributed by atoms with van der Waals surface area (Å²) in [6, 6.07) is 0. The van der Waals surface area contributed by atoms with Gasteiger partial charge in [0.2, 0.25) is 11.8 Å². The molecule has 0 saturated heterocycles. The zero-order valence-electron chi connectivity index (χ0n) is 13.6. The normalized spacial score (nSPS) is 26.3. The first-order valence-electron chi connectivity index (χ1n) is 8.74. The fourth-order valence-electron chi connectivity index (χ4n) is 2.27. The second-order valence-electron chi connectivity index (χ2n) is 8.16. The lowest BCUT2D eigenvalue weighted by Gasteiger charge is -2.09. The Hall–Kier alpha value is -1.10. The average molecular weight is 307 g/mol. The van der Waals surface area contributed by atoms with Crippen LogP contribution in [0.4, 0.5) is 0 Å².